The highest BCUT2D eigenvalue weighted by Gasteiger charge is 2.27. The highest BCUT2D eigenvalue weighted by Crippen LogP contribution is 2.22. The summed E-state index contributed by atoms with van der Waals surface area (Å²) < 4.78 is 0. The summed E-state index contributed by atoms with van der Waals surface area (Å²) >= 11 is 0. The third-order valence-electron chi connectivity index (χ3n) is 3.64. The molecule has 1 unspecified atom stereocenters. The van der Waals surface area contributed by atoms with Crippen molar-refractivity contribution < 1.29 is 9.90 Å². The van der Waals surface area contributed by atoms with Crippen LogP contribution in [0.5, 0.6) is 0 Å². The van der Waals surface area contributed by atoms with Crippen LogP contribution in [0.4, 0.5) is 0 Å². The Bertz CT molecular complexity index is 235. The minimum atomic E-state index is -1.07. The minimum Gasteiger partial charge on any atom is -0.480 e. The molecule has 0 aromatic carbocycles. The summed E-state index contributed by atoms with van der Waals surface area (Å²) in [5, 5.41) is 8.88. The Morgan fingerprint density at radius 3 is 2.56 bits per heavy atom. The van der Waals surface area contributed by atoms with Crippen LogP contribution >= 0.6 is 0 Å². The molecule has 0 radical (unpaired) electrons. The van der Waals surface area contributed by atoms with E-state index in [1.165, 1.54) is 25.7 Å². The fraction of sp³-hybridized carbons (Fsp3) is 0.917. The van der Waals surface area contributed by atoms with E-state index in [9.17, 15) is 4.79 Å². The summed E-state index contributed by atoms with van der Waals surface area (Å²) in [7, 11) is 2.13. The first-order valence-corrected chi connectivity index (χ1v) is 6.16. The number of hydrogen-bond donors (Lipinski definition) is 2. The van der Waals surface area contributed by atoms with Crippen molar-refractivity contribution >= 4 is 5.97 Å². The average molecular weight is 228 g/mol. The predicted octanol–water partition coefficient (Wildman–Crippen LogP) is 1.44. The molecule has 0 amide bonds. The van der Waals surface area contributed by atoms with Crippen LogP contribution in [0.25, 0.3) is 0 Å². The van der Waals surface area contributed by atoms with E-state index in [2.05, 4.69) is 11.9 Å². The standard InChI is InChI=1S/C12H24N2O2/c1-12(13,11(15)16)8-5-9-14(2)10-6-3-4-7-10/h10H,3-9,13H2,1-2H3,(H,15,16). The molecule has 16 heavy (non-hydrogen) atoms. The van der Waals surface area contributed by atoms with Gasteiger partial charge in [-0.1, -0.05) is 12.8 Å². The molecule has 0 aromatic heterocycles. The quantitative estimate of drug-likeness (QED) is 0.722. The molecular formula is C12H24N2O2. The van der Waals surface area contributed by atoms with Crippen molar-refractivity contribution in [3.8, 4) is 0 Å². The van der Waals surface area contributed by atoms with Gasteiger partial charge in [0.1, 0.15) is 5.54 Å². The molecule has 1 saturated carbocycles. The fourth-order valence-corrected chi connectivity index (χ4v) is 2.33. The number of nitrogens with two attached hydrogens (primary N) is 1. The SMILES string of the molecule is CN(CCCC(C)(N)C(=O)O)C1CCCC1. The molecular weight excluding hydrogens is 204 g/mol. The van der Waals surface area contributed by atoms with Crippen molar-refractivity contribution in [1.29, 1.82) is 0 Å². The Balaban J connectivity index is 2.21. The number of carboxylic acid groups (broad SMARTS) is 1. The van der Waals surface area contributed by atoms with E-state index in [-0.39, 0.29) is 0 Å². The second kappa shape index (κ2) is 5.64. The van der Waals surface area contributed by atoms with Gasteiger partial charge in [0.25, 0.3) is 0 Å². The summed E-state index contributed by atoms with van der Waals surface area (Å²) in [5.41, 5.74) is 4.61. The first-order chi connectivity index (χ1) is 7.43. The van der Waals surface area contributed by atoms with E-state index >= 15 is 0 Å². The molecule has 1 aliphatic carbocycles. The summed E-state index contributed by atoms with van der Waals surface area (Å²) in [6.07, 6.45) is 6.63. The lowest BCUT2D eigenvalue weighted by Gasteiger charge is -2.26. The van der Waals surface area contributed by atoms with Crippen LogP contribution in [-0.2, 0) is 4.79 Å². The lowest BCUT2D eigenvalue weighted by Crippen LogP contribution is -2.45. The molecule has 0 aliphatic heterocycles. The van der Waals surface area contributed by atoms with Gasteiger partial charge in [-0.3, -0.25) is 4.79 Å². The predicted molar refractivity (Wildman–Crippen MR) is 64.3 cm³/mol. The highest BCUT2D eigenvalue weighted by atomic mass is 16.4. The summed E-state index contributed by atoms with van der Waals surface area (Å²) in [5.74, 6) is -0.906. The Labute approximate surface area is 97.8 Å². The average Bonchev–Trinajstić information content (AvgIpc) is 2.69. The maximum Gasteiger partial charge on any atom is 0.323 e. The Morgan fingerprint density at radius 1 is 1.50 bits per heavy atom. The molecule has 0 spiro atoms. The second-order valence-corrected chi connectivity index (χ2v) is 5.25. The number of nitrogens with zero attached hydrogens (tertiary/aromatic N) is 1. The van der Waals surface area contributed by atoms with E-state index in [0.29, 0.717) is 12.5 Å². The zero-order chi connectivity index (χ0) is 12.2. The third kappa shape index (κ3) is 3.76. The molecule has 1 atom stereocenters. The first-order valence-electron chi connectivity index (χ1n) is 6.16. The lowest BCUT2D eigenvalue weighted by molar-refractivity contribution is -0.142. The molecule has 1 rings (SSSR count). The topological polar surface area (TPSA) is 66.6 Å². The molecule has 0 heterocycles. The van der Waals surface area contributed by atoms with Gasteiger partial charge >= 0.3 is 5.97 Å². The fourth-order valence-electron chi connectivity index (χ4n) is 2.33. The normalized spacial score (nSPS) is 21.2. The largest absolute Gasteiger partial charge is 0.480 e. The maximum absolute atomic E-state index is 10.8. The Kier molecular flexibility index (Phi) is 4.74. The number of rotatable bonds is 6. The van der Waals surface area contributed by atoms with E-state index in [4.69, 9.17) is 10.8 Å². The van der Waals surface area contributed by atoms with Gasteiger partial charge in [-0.05, 0) is 46.2 Å². The van der Waals surface area contributed by atoms with E-state index < -0.39 is 11.5 Å². The van der Waals surface area contributed by atoms with Crippen LogP contribution in [0.15, 0.2) is 0 Å². The van der Waals surface area contributed by atoms with Crippen molar-refractivity contribution in [3.05, 3.63) is 0 Å². The number of carbonyl (C=O) groups is 1. The van der Waals surface area contributed by atoms with Gasteiger partial charge in [-0.15, -0.1) is 0 Å². The van der Waals surface area contributed by atoms with Crippen LogP contribution < -0.4 is 5.73 Å². The Hall–Kier alpha value is -0.610. The maximum atomic E-state index is 10.8. The lowest BCUT2D eigenvalue weighted by atomic mass is 9.97. The van der Waals surface area contributed by atoms with Crippen LogP contribution in [0.2, 0.25) is 0 Å². The monoisotopic (exact) mass is 228 g/mol. The van der Waals surface area contributed by atoms with Crippen LogP contribution in [0.1, 0.15) is 45.4 Å². The molecule has 1 fully saturated rings. The van der Waals surface area contributed by atoms with Gasteiger partial charge in [-0.2, -0.15) is 0 Å². The van der Waals surface area contributed by atoms with Gasteiger partial charge in [0, 0.05) is 6.04 Å². The molecule has 3 N–H and O–H groups in total. The molecule has 4 nitrogen and oxygen atoms in total. The molecule has 4 heteroatoms. The van der Waals surface area contributed by atoms with E-state index in [1.807, 2.05) is 0 Å². The summed E-state index contributed by atoms with van der Waals surface area (Å²) in [6, 6.07) is 0.703. The summed E-state index contributed by atoms with van der Waals surface area (Å²) in [4.78, 5) is 13.2. The molecule has 0 saturated heterocycles. The van der Waals surface area contributed by atoms with E-state index in [0.717, 1.165) is 13.0 Å². The minimum absolute atomic E-state index is 0.541. The summed E-state index contributed by atoms with van der Waals surface area (Å²) in [6.45, 7) is 2.54. The first kappa shape index (κ1) is 13.5. The number of carboxylic acids is 1. The van der Waals surface area contributed by atoms with Gasteiger partial charge < -0.3 is 15.7 Å². The van der Waals surface area contributed by atoms with Crippen LogP contribution in [-0.4, -0.2) is 41.1 Å². The van der Waals surface area contributed by atoms with Gasteiger partial charge in [0.05, 0.1) is 0 Å². The van der Waals surface area contributed by atoms with Gasteiger partial charge in [0.15, 0.2) is 0 Å². The molecule has 0 bridgehead atoms. The van der Waals surface area contributed by atoms with Crippen LogP contribution in [0, 0.1) is 0 Å². The Morgan fingerprint density at radius 2 is 2.06 bits per heavy atom. The highest BCUT2D eigenvalue weighted by molar-refractivity contribution is 5.77. The zero-order valence-electron chi connectivity index (χ0n) is 10.4. The van der Waals surface area contributed by atoms with Gasteiger partial charge in [0.2, 0.25) is 0 Å². The molecule has 0 aromatic rings. The van der Waals surface area contributed by atoms with Crippen molar-refractivity contribution in [2.45, 2.75) is 57.0 Å². The van der Waals surface area contributed by atoms with E-state index in [1.54, 1.807) is 6.92 Å². The van der Waals surface area contributed by atoms with Crippen LogP contribution in [0.3, 0.4) is 0 Å². The number of aliphatic carboxylic acids is 1. The molecule has 1 aliphatic rings. The van der Waals surface area contributed by atoms with Crippen molar-refractivity contribution in [2.24, 2.45) is 5.73 Å². The van der Waals surface area contributed by atoms with Crippen molar-refractivity contribution in [3.63, 3.8) is 0 Å². The van der Waals surface area contributed by atoms with Crippen molar-refractivity contribution in [2.75, 3.05) is 13.6 Å². The smallest absolute Gasteiger partial charge is 0.323 e. The van der Waals surface area contributed by atoms with Gasteiger partial charge in [-0.25, -0.2) is 0 Å². The third-order valence-corrected chi connectivity index (χ3v) is 3.64. The number of hydrogen-bond acceptors (Lipinski definition) is 3. The molecule has 94 valence electrons. The second-order valence-electron chi connectivity index (χ2n) is 5.25. The zero-order valence-corrected chi connectivity index (χ0v) is 10.4. The van der Waals surface area contributed by atoms with Crippen molar-refractivity contribution in [1.82, 2.24) is 4.90 Å².